The van der Waals surface area contributed by atoms with E-state index in [1.165, 1.54) is 5.69 Å². The van der Waals surface area contributed by atoms with Gasteiger partial charge in [0.2, 0.25) is 5.91 Å². The Hall–Kier alpha value is -1.36. The summed E-state index contributed by atoms with van der Waals surface area (Å²) in [6, 6.07) is 0. The number of ether oxygens (including phenoxy) is 1. The number of imidazole rings is 1. The molecule has 1 aliphatic rings. The summed E-state index contributed by atoms with van der Waals surface area (Å²) in [4.78, 5) is 17.9. The number of piperidine rings is 1. The first-order valence-corrected chi connectivity index (χ1v) is 6.54. The van der Waals surface area contributed by atoms with E-state index in [0.717, 1.165) is 25.9 Å². The molecule has 0 radical (unpaired) electrons. The van der Waals surface area contributed by atoms with Crippen LogP contribution in [0, 0.1) is 0 Å². The van der Waals surface area contributed by atoms with Crippen LogP contribution in [0.25, 0.3) is 0 Å². The van der Waals surface area contributed by atoms with Crippen LogP contribution < -0.4 is 0 Å². The fourth-order valence-corrected chi connectivity index (χ4v) is 2.47. The van der Waals surface area contributed by atoms with Crippen LogP contribution in [0.15, 0.2) is 12.5 Å². The molecule has 2 rings (SSSR count). The van der Waals surface area contributed by atoms with Crippen molar-refractivity contribution in [1.82, 2.24) is 14.5 Å². The van der Waals surface area contributed by atoms with Crippen LogP contribution in [0.3, 0.4) is 0 Å². The van der Waals surface area contributed by atoms with E-state index in [4.69, 9.17) is 4.74 Å². The van der Waals surface area contributed by atoms with Gasteiger partial charge in [0.1, 0.15) is 6.61 Å². The van der Waals surface area contributed by atoms with Crippen LogP contribution in [-0.2, 0) is 16.6 Å². The molecule has 1 aromatic rings. The molecular weight excluding hydrogens is 230 g/mol. The van der Waals surface area contributed by atoms with E-state index in [-0.39, 0.29) is 12.5 Å². The fraction of sp³-hybridized carbons (Fsp3) is 0.692. The number of carbonyl (C=O) groups excluding carboxylic acids is 1. The summed E-state index contributed by atoms with van der Waals surface area (Å²) < 4.78 is 7.23. The molecule has 0 N–H and O–H groups in total. The van der Waals surface area contributed by atoms with E-state index in [9.17, 15) is 4.79 Å². The highest BCUT2D eigenvalue weighted by Crippen LogP contribution is 2.27. The van der Waals surface area contributed by atoms with Gasteiger partial charge in [-0.1, -0.05) is 0 Å². The number of hydrogen-bond acceptors (Lipinski definition) is 3. The Balaban J connectivity index is 1.85. The number of nitrogens with zero attached hydrogens (tertiary/aromatic N) is 3. The van der Waals surface area contributed by atoms with Gasteiger partial charge < -0.3 is 14.2 Å². The Morgan fingerprint density at radius 3 is 2.78 bits per heavy atom. The summed E-state index contributed by atoms with van der Waals surface area (Å²) in [6.45, 7) is 4.36. The predicted octanol–water partition coefficient (Wildman–Crippen LogP) is 1.16. The van der Waals surface area contributed by atoms with Gasteiger partial charge in [0.15, 0.2) is 0 Å². The third kappa shape index (κ3) is 2.90. The highest BCUT2D eigenvalue weighted by molar-refractivity contribution is 5.77. The van der Waals surface area contributed by atoms with Gasteiger partial charge in [-0.15, -0.1) is 0 Å². The first-order chi connectivity index (χ1) is 8.72. The third-order valence-corrected chi connectivity index (χ3v) is 3.55. The topological polar surface area (TPSA) is 47.4 Å². The van der Waals surface area contributed by atoms with Gasteiger partial charge >= 0.3 is 0 Å². The molecule has 1 amide bonds. The van der Waals surface area contributed by atoms with Crippen LogP contribution in [0.1, 0.15) is 31.4 Å². The van der Waals surface area contributed by atoms with Crippen LogP contribution in [0.4, 0.5) is 0 Å². The largest absolute Gasteiger partial charge is 0.372 e. The van der Waals surface area contributed by atoms with Crippen LogP contribution in [0.5, 0.6) is 0 Å². The molecule has 0 aliphatic carbocycles. The van der Waals surface area contributed by atoms with E-state index >= 15 is 0 Å². The molecular formula is C13H21N3O2. The normalized spacial score (nSPS) is 17.1. The Morgan fingerprint density at radius 1 is 1.50 bits per heavy atom. The van der Waals surface area contributed by atoms with Crippen molar-refractivity contribution < 1.29 is 9.53 Å². The van der Waals surface area contributed by atoms with Gasteiger partial charge in [-0.25, -0.2) is 4.98 Å². The summed E-state index contributed by atoms with van der Waals surface area (Å²) >= 11 is 0. The Kier molecular flexibility index (Phi) is 4.36. The number of likely N-dealkylation sites (tertiary alicyclic amines) is 1. The second-order valence-corrected chi connectivity index (χ2v) is 4.72. The SMILES string of the molecule is CCOCC(=O)N1CCC(c2cncn2C)CC1. The van der Waals surface area contributed by atoms with Crippen molar-refractivity contribution >= 4 is 5.91 Å². The smallest absolute Gasteiger partial charge is 0.248 e. The molecule has 0 bridgehead atoms. The number of aryl methyl sites for hydroxylation is 1. The highest BCUT2D eigenvalue weighted by Gasteiger charge is 2.25. The number of carbonyl (C=O) groups is 1. The van der Waals surface area contributed by atoms with Gasteiger partial charge in [-0.3, -0.25) is 4.79 Å². The van der Waals surface area contributed by atoms with E-state index in [1.807, 2.05) is 31.4 Å². The van der Waals surface area contributed by atoms with E-state index in [0.29, 0.717) is 12.5 Å². The molecule has 1 aliphatic heterocycles. The van der Waals surface area contributed by atoms with E-state index < -0.39 is 0 Å². The quantitative estimate of drug-likeness (QED) is 0.807. The summed E-state index contributed by atoms with van der Waals surface area (Å²) in [5, 5.41) is 0. The lowest BCUT2D eigenvalue weighted by Gasteiger charge is -2.32. The minimum Gasteiger partial charge on any atom is -0.372 e. The van der Waals surface area contributed by atoms with E-state index in [2.05, 4.69) is 9.55 Å². The highest BCUT2D eigenvalue weighted by atomic mass is 16.5. The molecule has 5 nitrogen and oxygen atoms in total. The lowest BCUT2D eigenvalue weighted by Crippen LogP contribution is -2.40. The molecule has 0 saturated carbocycles. The molecule has 0 spiro atoms. The van der Waals surface area contributed by atoms with Gasteiger partial charge in [0, 0.05) is 44.6 Å². The van der Waals surface area contributed by atoms with Gasteiger partial charge in [-0.05, 0) is 19.8 Å². The van der Waals surface area contributed by atoms with Crippen molar-refractivity contribution in [3.8, 4) is 0 Å². The first kappa shape index (κ1) is 13.1. The maximum Gasteiger partial charge on any atom is 0.248 e. The lowest BCUT2D eigenvalue weighted by atomic mass is 9.94. The molecule has 0 aromatic carbocycles. The Bertz CT molecular complexity index is 395. The minimum atomic E-state index is 0.111. The third-order valence-electron chi connectivity index (χ3n) is 3.55. The zero-order valence-electron chi connectivity index (χ0n) is 11.1. The summed E-state index contributed by atoms with van der Waals surface area (Å²) in [6.07, 6.45) is 5.79. The van der Waals surface area contributed by atoms with E-state index in [1.54, 1.807) is 0 Å². The maximum absolute atomic E-state index is 11.8. The predicted molar refractivity (Wildman–Crippen MR) is 68.3 cm³/mol. The fourth-order valence-electron chi connectivity index (χ4n) is 2.47. The maximum atomic E-state index is 11.8. The molecule has 1 fully saturated rings. The van der Waals surface area contributed by atoms with Gasteiger partial charge in [0.25, 0.3) is 0 Å². The molecule has 0 atom stereocenters. The zero-order valence-corrected chi connectivity index (χ0v) is 11.1. The van der Waals surface area contributed by atoms with Gasteiger partial charge in [0.05, 0.1) is 6.33 Å². The monoisotopic (exact) mass is 251 g/mol. The molecule has 100 valence electrons. The second kappa shape index (κ2) is 6.00. The molecule has 18 heavy (non-hydrogen) atoms. The van der Waals surface area contributed by atoms with Crippen LogP contribution in [0.2, 0.25) is 0 Å². The van der Waals surface area contributed by atoms with Crippen molar-refractivity contribution in [2.75, 3.05) is 26.3 Å². The number of amides is 1. The first-order valence-electron chi connectivity index (χ1n) is 6.54. The second-order valence-electron chi connectivity index (χ2n) is 4.72. The number of hydrogen-bond donors (Lipinski definition) is 0. The average molecular weight is 251 g/mol. The Morgan fingerprint density at radius 2 is 2.22 bits per heavy atom. The number of aromatic nitrogens is 2. The standard InChI is InChI=1S/C13H21N3O2/c1-3-18-9-13(17)16-6-4-11(5-7-16)12-8-14-10-15(12)2/h8,10-11H,3-7,9H2,1-2H3. The minimum absolute atomic E-state index is 0.111. The molecule has 0 unspecified atom stereocenters. The molecule has 5 heteroatoms. The average Bonchev–Trinajstić information content (AvgIpc) is 2.82. The molecule has 1 saturated heterocycles. The summed E-state index contributed by atoms with van der Waals surface area (Å²) in [5.74, 6) is 0.633. The number of rotatable bonds is 4. The van der Waals surface area contributed by atoms with Crippen molar-refractivity contribution in [3.05, 3.63) is 18.2 Å². The van der Waals surface area contributed by atoms with Crippen molar-refractivity contribution in [2.45, 2.75) is 25.7 Å². The molecule has 2 heterocycles. The molecule has 1 aromatic heterocycles. The van der Waals surface area contributed by atoms with Crippen molar-refractivity contribution in [3.63, 3.8) is 0 Å². The lowest BCUT2D eigenvalue weighted by molar-refractivity contribution is -0.137. The summed E-state index contributed by atoms with van der Waals surface area (Å²) in [7, 11) is 2.02. The van der Waals surface area contributed by atoms with Crippen LogP contribution in [-0.4, -0.2) is 46.7 Å². The van der Waals surface area contributed by atoms with Crippen molar-refractivity contribution in [1.29, 1.82) is 0 Å². The van der Waals surface area contributed by atoms with Crippen molar-refractivity contribution in [2.24, 2.45) is 7.05 Å². The Labute approximate surface area is 108 Å². The van der Waals surface area contributed by atoms with Crippen LogP contribution >= 0.6 is 0 Å². The summed E-state index contributed by atoms with van der Waals surface area (Å²) in [5.41, 5.74) is 1.27. The van der Waals surface area contributed by atoms with Gasteiger partial charge in [-0.2, -0.15) is 0 Å². The zero-order chi connectivity index (χ0) is 13.0.